The zero-order valence-electron chi connectivity index (χ0n) is 48.0. The van der Waals surface area contributed by atoms with Crippen molar-refractivity contribution in [2.45, 2.75) is 180 Å². The highest BCUT2D eigenvalue weighted by Gasteiger charge is 2.53. The number of cyclic esters (lactones) is 1. The number of hydrogen-bond acceptors (Lipinski definition) is 16. The van der Waals surface area contributed by atoms with E-state index >= 15 is 0 Å². The third kappa shape index (κ3) is 19.3. The fraction of sp³-hybridized carbons (Fsp3) is 0.776. The summed E-state index contributed by atoms with van der Waals surface area (Å²) in [5, 5.41) is 12.2. The van der Waals surface area contributed by atoms with E-state index < -0.39 is 79.2 Å². The van der Waals surface area contributed by atoms with Crippen molar-refractivity contribution >= 4 is 36.6 Å². The van der Waals surface area contributed by atoms with Crippen LogP contribution in [0.2, 0.25) is 0 Å². The Hall–Kier alpha value is -3.22. The minimum absolute atomic E-state index is 0.0268. The van der Waals surface area contributed by atoms with Gasteiger partial charge in [-0.25, -0.2) is 4.79 Å². The van der Waals surface area contributed by atoms with Crippen molar-refractivity contribution in [2.24, 2.45) is 35.5 Å². The van der Waals surface area contributed by atoms with E-state index in [1.165, 1.54) is 19.1 Å². The molecule has 0 aromatic heterocycles. The maximum absolute atomic E-state index is 14.7. The van der Waals surface area contributed by atoms with E-state index in [0.717, 1.165) is 12.0 Å². The highest BCUT2D eigenvalue weighted by molar-refractivity contribution is 7.57. The summed E-state index contributed by atoms with van der Waals surface area (Å²) in [7, 11) is 3.39. The van der Waals surface area contributed by atoms with Gasteiger partial charge in [-0.3, -0.25) is 23.7 Å². The molecule has 0 aromatic carbocycles. The normalized spacial score (nSPS) is 36.5. The lowest BCUT2D eigenvalue weighted by atomic mass is 9.78. The number of piperidine rings is 1. The number of hydrogen-bond donors (Lipinski definition) is 1. The van der Waals surface area contributed by atoms with Gasteiger partial charge >= 0.3 is 5.97 Å². The minimum atomic E-state index is -2.80. The lowest BCUT2D eigenvalue weighted by molar-refractivity contribution is -0.266. The van der Waals surface area contributed by atoms with Crippen LogP contribution in [-0.4, -0.2) is 169 Å². The summed E-state index contributed by atoms with van der Waals surface area (Å²) in [4.78, 5) is 73.4. The number of amides is 1. The van der Waals surface area contributed by atoms with E-state index in [0.29, 0.717) is 76.8 Å². The third-order valence-electron chi connectivity index (χ3n) is 15.8. The lowest BCUT2D eigenvalue weighted by Crippen LogP contribution is -2.61. The standard InChI is InChI=1S/C58H94NO16P/c1-37-19-15-14-16-20-38(2)49(72-30-29-71-28-27-67-8)35-45-24-22-43(7)58(65,74-45)55(62)56(63)59-26-18-17-21-46(59)57(64)73-50(40(4)33-44-23-25-48(51(34-44)68-9)75-76(12,13)66)36-47(60)39(3)32-42(6)53(69-10)54(70-11)52(61)41(5)31-37/h14-16,19-20,32,37,39-41,43-46,48-51,53-54,65H,17-18,21-31,33-36H2,1-13H3/b16-14+,19-15+,38-20+,42-32+/t37-,39-,40-,41-,43-,44+,45+,46+,48-,49?,50+,51-,53-,54+,58-/m1/s1. The number of aliphatic hydroxyl groups is 1. The molecule has 3 fully saturated rings. The zero-order chi connectivity index (χ0) is 56.3. The van der Waals surface area contributed by atoms with Crippen LogP contribution in [0.5, 0.6) is 0 Å². The van der Waals surface area contributed by atoms with Gasteiger partial charge in [0.2, 0.25) is 5.79 Å². The van der Waals surface area contributed by atoms with E-state index in [9.17, 15) is 33.6 Å². The molecule has 1 N–H and O–H groups in total. The molecule has 0 aromatic rings. The quantitative estimate of drug-likeness (QED) is 0.0536. The van der Waals surface area contributed by atoms with Gasteiger partial charge in [0.15, 0.2) is 13.2 Å². The minimum Gasteiger partial charge on any atom is -0.460 e. The largest absolute Gasteiger partial charge is 0.460 e. The van der Waals surface area contributed by atoms with E-state index in [1.807, 2.05) is 58.1 Å². The number of esters is 1. The number of methoxy groups -OCH3 is 4. The second-order valence-electron chi connectivity index (χ2n) is 22.4. The summed E-state index contributed by atoms with van der Waals surface area (Å²) < 4.78 is 66.0. The Balaban J connectivity index is 1.73. The van der Waals surface area contributed by atoms with E-state index in [1.54, 1.807) is 54.4 Å². The fourth-order valence-corrected chi connectivity index (χ4v) is 12.1. The molecule has 4 rings (SSSR count). The topological polar surface area (TPSA) is 209 Å². The summed E-state index contributed by atoms with van der Waals surface area (Å²) >= 11 is 0. The van der Waals surface area contributed by atoms with Crippen LogP contribution < -0.4 is 0 Å². The van der Waals surface area contributed by atoms with Crippen LogP contribution in [0.1, 0.15) is 126 Å². The molecule has 17 nitrogen and oxygen atoms in total. The predicted octanol–water partition coefficient (Wildman–Crippen LogP) is 8.43. The first-order valence-corrected chi connectivity index (χ1v) is 30.2. The third-order valence-corrected chi connectivity index (χ3v) is 16.5. The van der Waals surface area contributed by atoms with Gasteiger partial charge in [-0.1, -0.05) is 71.1 Å². The highest BCUT2D eigenvalue weighted by Crippen LogP contribution is 2.45. The number of ketones is 3. The predicted molar refractivity (Wildman–Crippen MR) is 290 cm³/mol. The Morgan fingerprint density at radius 2 is 1.51 bits per heavy atom. The Morgan fingerprint density at radius 3 is 2.18 bits per heavy atom. The molecule has 1 aliphatic carbocycles. The molecular weight excluding hydrogens is 998 g/mol. The van der Waals surface area contributed by atoms with Gasteiger partial charge < -0.3 is 52.4 Å². The van der Waals surface area contributed by atoms with Crippen LogP contribution >= 0.6 is 7.37 Å². The Bertz CT molecular complexity index is 2070. The molecule has 3 heterocycles. The Morgan fingerprint density at radius 1 is 0.803 bits per heavy atom. The van der Waals surface area contributed by atoms with Crippen molar-refractivity contribution < 1.29 is 76.1 Å². The fourth-order valence-electron chi connectivity index (χ4n) is 11.3. The molecule has 18 heteroatoms. The van der Waals surface area contributed by atoms with Crippen LogP contribution in [0, 0.1) is 35.5 Å². The monoisotopic (exact) mass is 1090 g/mol. The number of ether oxygens (including phenoxy) is 8. The first kappa shape index (κ1) is 65.3. The molecule has 1 unspecified atom stereocenters. The number of allylic oxidation sites excluding steroid dienone is 6. The van der Waals surface area contributed by atoms with E-state index in [-0.39, 0.29) is 79.9 Å². The zero-order valence-corrected chi connectivity index (χ0v) is 48.9. The molecule has 432 valence electrons. The van der Waals surface area contributed by atoms with Crippen molar-refractivity contribution in [3.8, 4) is 0 Å². The SMILES string of the molecule is COCCOCCOC1C[C@@H]2CC[C@@H](C)[C@@](O)(O2)C(=O)C(=O)N2CCCC[C@H]2C(=O)O[C@H]([C@H](C)C[C@@H]2CC[C@@H](OP(C)(C)=O)[C@H](OC)C2)CC(=O)[C@H](C)/C=C(\C)[C@@H](OC)[C@@H](OC)C(=O)[C@H](C)C[C@H](C)/C=C/C=C/C=C/1C. The average molecular weight is 1090 g/mol. The molecule has 3 aliphatic heterocycles. The van der Waals surface area contributed by atoms with Crippen LogP contribution in [0.4, 0.5) is 0 Å². The van der Waals surface area contributed by atoms with Crippen molar-refractivity contribution in [1.29, 1.82) is 0 Å². The molecule has 4 aliphatic rings. The van der Waals surface area contributed by atoms with Gasteiger partial charge in [-0.15, -0.1) is 0 Å². The van der Waals surface area contributed by atoms with Gasteiger partial charge in [-0.05, 0) is 107 Å². The number of nitrogens with zero attached hydrogens (tertiary/aromatic N) is 1. The number of carbonyl (C=O) groups is 5. The number of rotatable bonds is 15. The maximum Gasteiger partial charge on any atom is 0.329 e. The van der Waals surface area contributed by atoms with Gasteiger partial charge in [-0.2, -0.15) is 0 Å². The number of carbonyl (C=O) groups excluding carboxylic acids is 5. The molecule has 76 heavy (non-hydrogen) atoms. The molecular formula is C58H94NO16P. The summed E-state index contributed by atoms with van der Waals surface area (Å²) in [5.41, 5.74) is 1.48. The smallest absolute Gasteiger partial charge is 0.329 e. The molecule has 15 atom stereocenters. The van der Waals surface area contributed by atoms with Crippen molar-refractivity contribution in [3.05, 3.63) is 47.6 Å². The van der Waals surface area contributed by atoms with Gasteiger partial charge in [0.1, 0.15) is 30.1 Å². The van der Waals surface area contributed by atoms with Crippen LogP contribution in [-0.2, 0) is 71.0 Å². The van der Waals surface area contributed by atoms with E-state index in [2.05, 4.69) is 0 Å². The summed E-state index contributed by atoms with van der Waals surface area (Å²) in [5.74, 6) is -7.82. The van der Waals surface area contributed by atoms with Crippen LogP contribution in [0.3, 0.4) is 0 Å². The van der Waals surface area contributed by atoms with E-state index in [4.69, 9.17) is 42.4 Å². The average Bonchev–Trinajstić information content (AvgIpc) is 3.37. The van der Waals surface area contributed by atoms with Crippen molar-refractivity contribution in [2.75, 3.05) is 74.7 Å². The molecule has 0 spiro atoms. The maximum atomic E-state index is 14.7. The second kappa shape index (κ2) is 31.5. The summed E-state index contributed by atoms with van der Waals surface area (Å²) in [6.07, 6.45) is 12.3. The number of fused-ring (bicyclic) bond motifs is 3. The Labute approximate surface area is 454 Å². The van der Waals surface area contributed by atoms with Crippen molar-refractivity contribution in [3.63, 3.8) is 0 Å². The van der Waals surface area contributed by atoms with Crippen LogP contribution in [0.25, 0.3) is 0 Å². The second-order valence-corrected chi connectivity index (χ2v) is 25.1. The van der Waals surface area contributed by atoms with Crippen molar-refractivity contribution in [1.82, 2.24) is 4.90 Å². The summed E-state index contributed by atoms with van der Waals surface area (Å²) in [6, 6.07) is -1.16. The number of Topliss-reactive ketones (excluding diaryl/α,β-unsaturated/α-hetero) is 3. The van der Waals surface area contributed by atoms with Gasteiger partial charge in [0.25, 0.3) is 11.7 Å². The van der Waals surface area contributed by atoms with Gasteiger partial charge in [0, 0.05) is 78.9 Å². The van der Waals surface area contributed by atoms with Gasteiger partial charge in [0.05, 0.1) is 50.8 Å². The molecule has 0 radical (unpaired) electrons. The molecule has 1 saturated carbocycles. The lowest BCUT2D eigenvalue weighted by Gasteiger charge is -2.43. The first-order valence-electron chi connectivity index (χ1n) is 27.7. The Kier molecular flexibility index (Phi) is 27.1. The molecule has 1 amide bonds. The highest BCUT2D eigenvalue weighted by atomic mass is 31.2. The molecule has 2 saturated heterocycles. The molecule has 2 bridgehead atoms. The first-order chi connectivity index (χ1) is 36.0. The summed E-state index contributed by atoms with van der Waals surface area (Å²) in [6.45, 7) is 17.7. The van der Waals surface area contributed by atoms with Crippen LogP contribution in [0.15, 0.2) is 47.6 Å².